The van der Waals surface area contributed by atoms with E-state index in [-0.39, 0.29) is 11.5 Å². The van der Waals surface area contributed by atoms with Crippen LogP contribution in [0.5, 0.6) is 0 Å². The number of aromatic amines is 1. The molecule has 4 rings (SSSR count). The lowest BCUT2D eigenvalue weighted by Crippen LogP contribution is -2.23. The molecule has 1 aliphatic heterocycles. The van der Waals surface area contributed by atoms with Crippen LogP contribution in [-0.4, -0.2) is 22.4 Å². The number of hydrogen-bond donors (Lipinski definition) is 1. The van der Waals surface area contributed by atoms with Crippen molar-refractivity contribution in [1.29, 1.82) is 0 Å². The fraction of sp³-hybridized carbons (Fsp3) is 0.188. The van der Waals surface area contributed by atoms with Crippen LogP contribution in [0.15, 0.2) is 40.5 Å². The molecule has 0 aliphatic carbocycles. The summed E-state index contributed by atoms with van der Waals surface area (Å²) >= 11 is 1.39. The molecule has 0 atom stereocenters. The average Bonchev–Trinajstić information content (AvgIpc) is 3.16. The Bertz CT molecular complexity index is 911. The number of fused-ring (bicyclic) bond motifs is 1. The molecule has 22 heavy (non-hydrogen) atoms. The summed E-state index contributed by atoms with van der Waals surface area (Å²) < 4.78 is 0.642. The monoisotopic (exact) mass is 311 g/mol. The summed E-state index contributed by atoms with van der Waals surface area (Å²) in [4.78, 5) is 32.9. The van der Waals surface area contributed by atoms with Crippen molar-refractivity contribution in [2.75, 3.05) is 11.4 Å². The second-order valence-corrected chi connectivity index (χ2v) is 6.16. The Morgan fingerprint density at radius 2 is 1.95 bits per heavy atom. The minimum Gasteiger partial charge on any atom is -0.312 e. The van der Waals surface area contributed by atoms with Gasteiger partial charge in [0.25, 0.3) is 5.56 Å². The lowest BCUT2D eigenvalue weighted by atomic mass is 10.2. The van der Waals surface area contributed by atoms with Gasteiger partial charge in [-0.15, -0.1) is 11.3 Å². The van der Waals surface area contributed by atoms with E-state index in [0.29, 0.717) is 22.5 Å². The van der Waals surface area contributed by atoms with Crippen LogP contribution in [0.3, 0.4) is 0 Å². The van der Waals surface area contributed by atoms with E-state index < -0.39 is 0 Å². The van der Waals surface area contributed by atoms with Crippen LogP contribution in [0.4, 0.5) is 5.69 Å². The predicted octanol–water partition coefficient (Wildman–Crippen LogP) is 2.78. The maximum atomic E-state index is 12.0. The van der Waals surface area contributed by atoms with Crippen molar-refractivity contribution in [3.63, 3.8) is 0 Å². The first-order valence-electron chi connectivity index (χ1n) is 7.11. The Balaban J connectivity index is 1.72. The molecular formula is C16H13N3O2S. The number of amides is 1. The highest BCUT2D eigenvalue weighted by Crippen LogP contribution is 2.25. The molecule has 0 saturated carbocycles. The van der Waals surface area contributed by atoms with Gasteiger partial charge in [-0.2, -0.15) is 0 Å². The van der Waals surface area contributed by atoms with Gasteiger partial charge in [-0.1, -0.05) is 0 Å². The van der Waals surface area contributed by atoms with Crippen LogP contribution in [0, 0.1) is 0 Å². The van der Waals surface area contributed by atoms with Crippen LogP contribution in [0.2, 0.25) is 0 Å². The number of hydrogen-bond acceptors (Lipinski definition) is 4. The minimum absolute atomic E-state index is 0.117. The number of carbonyl (C=O) groups excluding carboxylic acids is 1. The van der Waals surface area contributed by atoms with Gasteiger partial charge in [-0.3, -0.25) is 9.59 Å². The number of aromatic nitrogens is 2. The second-order valence-electron chi connectivity index (χ2n) is 5.25. The van der Waals surface area contributed by atoms with Gasteiger partial charge in [0.15, 0.2) is 0 Å². The summed E-state index contributed by atoms with van der Waals surface area (Å²) in [6.45, 7) is 0.772. The topological polar surface area (TPSA) is 66.1 Å². The third kappa shape index (κ3) is 2.12. The molecule has 110 valence electrons. The highest BCUT2D eigenvalue weighted by molar-refractivity contribution is 7.17. The molecule has 1 amide bonds. The van der Waals surface area contributed by atoms with Gasteiger partial charge >= 0.3 is 0 Å². The number of thiophene rings is 1. The summed E-state index contributed by atoms with van der Waals surface area (Å²) in [7, 11) is 0. The fourth-order valence-corrected chi connectivity index (χ4v) is 3.46. The van der Waals surface area contributed by atoms with E-state index in [9.17, 15) is 9.59 Å². The second kappa shape index (κ2) is 5.06. The number of anilines is 1. The molecule has 0 spiro atoms. The molecule has 1 aliphatic rings. The van der Waals surface area contributed by atoms with E-state index in [2.05, 4.69) is 9.97 Å². The minimum atomic E-state index is -0.117. The zero-order valence-corrected chi connectivity index (χ0v) is 12.5. The number of H-pyrrole nitrogens is 1. The van der Waals surface area contributed by atoms with Crippen molar-refractivity contribution in [1.82, 2.24) is 9.97 Å². The molecule has 0 radical (unpaired) electrons. The number of benzene rings is 1. The van der Waals surface area contributed by atoms with E-state index in [0.717, 1.165) is 24.2 Å². The number of nitrogens with zero attached hydrogens (tertiary/aromatic N) is 2. The van der Waals surface area contributed by atoms with Gasteiger partial charge in [0, 0.05) is 24.2 Å². The quantitative estimate of drug-likeness (QED) is 0.791. The van der Waals surface area contributed by atoms with Gasteiger partial charge in [-0.05, 0) is 42.1 Å². The number of nitrogens with one attached hydrogen (secondary N) is 1. The van der Waals surface area contributed by atoms with E-state index >= 15 is 0 Å². The smallest absolute Gasteiger partial charge is 0.269 e. The van der Waals surface area contributed by atoms with Crippen molar-refractivity contribution < 1.29 is 4.79 Å². The Kier molecular flexibility index (Phi) is 3.04. The zero-order chi connectivity index (χ0) is 15.1. The van der Waals surface area contributed by atoms with Crippen molar-refractivity contribution in [2.45, 2.75) is 12.8 Å². The normalized spacial score (nSPS) is 14.9. The first-order chi connectivity index (χ1) is 10.7. The largest absolute Gasteiger partial charge is 0.312 e. The standard InChI is InChI=1S/C16H13N3O2S/c20-13-2-1-8-19(13)11-5-3-10(4-6-11)15-17-12-7-9-22-14(12)16(21)18-15/h3-7,9H,1-2,8H2,(H,17,18,21). The summed E-state index contributed by atoms with van der Waals surface area (Å²) in [6.07, 6.45) is 1.52. The van der Waals surface area contributed by atoms with Crippen molar-refractivity contribution in [3.8, 4) is 11.4 Å². The van der Waals surface area contributed by atoms with Crippen LogP contribution in [0.25, 0.3) is 21.6 Å². The first kappa shape index (κ1) is 13.2. The van der Waals surface area contributed by atoms with Crippen LogP contribution < -0.4 is 10.5 Å². The van der Waals surface area contributed by atoms with Crippen molar-refractivity contribution in [2.24, 2.45) is 0 Å². The lowest BCUT2D eigenvalue weighted by molar-refractivity contribution is -0.117. The maximum absolute atomic E-state index is 12.0. The molecule has 6 heteroatoms. The van der Waals surface area contributed by atoms with E-state index in [1.165, 1.54) is 11.3 Å². The Labute approximate surface area is 130 Å². The molecule has 1 fully saturated rings. The number of carbonyl (C=O) groups is 1. The van der Waals surface area contributed by atoms with Gasteiger partial charge in [0.1, 0.15) is 10.5 Å². The third-order valence-electron chi connectivity index (χ3n) is 3.84. The van der Waals surface area contributed by atoms with Gasteiger partial charge < -0.3 is 9.88 Å². The molecule has 0 unspecified atom stereocenters. The maximum Gasteiger partial charge on any atom is 0.269 e. The van der Waals surface area contributed by atoms with E-state index in [4.69, 9.17) is 0 Å². The molecule has 1 aromatic carbocycles. The highest BCUT2D eigenvalue weighted by atomic mass is 32.1. The van der Waals surface area contributed by atoms with Gasteiger partial charge in [0.05, 0.1) is 5.52 Å². The van der Waals surface area contributed by atoms with Crippen molar-refractivity contribution >= 4 is 33.1 Å². The molecule has 0 bridgehead atoms. The Morgan fingerprint density at radius 3 is 2.68 bits per heavy atom. The average molecular weight is 311 g/mol. The lowest BCUT2D eigenvalue weighted by Gasteiger charge is -2.15. The fourth-order valence-electron chi connectivity index (χ4n) is 2.73. The molecular weight excluding hydrogens is 298 g/mol. The summed E-state index contributed by atoms with van der Waals surface area (Å²) in [6, 6.07) is 9.41. The van der Waals surface area contributed by atoms with E-state index in [1.54, 1.807) is 4.90 Å². The van der Waals surface area contributed by atoms with E-state index in [1.807, 2.05) is 35.7 Å². The Hall–Kier alpha value is -2.47. The summed E-state index contributed by atoms with van der Waals surface area (Å²) in [5.74, 6) is 0.717. The molecule has 3 heterocycles. The zero-order valence-electron chi connectivity index (χ0n) is 11.7. The van der Waals surface area contributed by atoms with Gasteiger partial charge in [0.2, 0.25) is 5.91 Å². The highest BCUT2D eigenvalue weighted by Gasteiger charge is 2.21. The predicted molar refractivity (Wildman–Crippen MR) is 87.3 cm³/mol. The van der Waals surface area contributed by atoms with Crippen LogP contribution in [0.1, 0.15) is 12.8 Å². The molecule has 3 aromatic rings. The summed E-state index contributed by atoms with van der Waals surface area (Å²) in [5.41, 5.74) is 2.32. The first-order valence-corrected chi connectivity index (χ1v) is 7.99. The summed E-state index contributed by atoms with van der Waals surface area (Å²) in [5, 5.41) is 1.86. The molecule has 2 aromatic heterocycles. The SMILES string of the molecule is O=C1CCCN1c1ccc(-c2nc3ccsc3c(=O)[nH]2)cc1. The molecule has 5 nitrogen and oxygen atoms in total. The number of rotatable bonds is 2. The van der Waals surface area contributed by atoms with Crippen molar-refractivity contribution in [3.05, 3.63) is 46.1 Å². The van der Waals surface area contributed by atoms with Gasteiger partial charge in [-0.25, -0.2) is 4.98 Å². The third-order valence-corrected chi connectivity index (χ3v) is 4.74. The molecule has 1 N–H and O–H groups in total. The Morgan fingerprint density at radius 1 is 1.14 bits per heavy atom. The van der Waals surface area contributed by atoms with Crippen LogP contribution in [-0.2, 0) is 4.79 Å². The molecule has 1 saturated heterocycles. The van der Waals surface area contributed by atoms with Crippen LogP contribution >= 0.6 is 11.3 Å².